The number of ether oxygens (including phenoxy) is 3. The fourth-order valence-corrected chi connectivity index (χ4v) is 2.74. The molecule has 0 aromatic heterocycles. The molecule has 5 nitrogen and oxygen atoms in total. The van der Waals surface area contributed by atoms with E-state index in [4.69, 9.17) is 14.2 Å². The van der Waals surface area contributed by atoms with Crippen molar-refractivity contribution >= 4 is 11.9 Å². The van der Waals surface area contributed by atoms with Crippen LogP contribution in [-0.4, -0.2) is 38.9 Å². The van der Waals surface area contributed by atoms with Gasteiger partial charge in [-0.15, -0.1) is 0 Å². The lowest BCUT2D eigenvalue weighted by molar-refractivity contribution is -0.145. The molecule has 0 heterocycles. The Bertz CT molecular complexity index is 357. The first-order chi connectivity index (χ1) is 13.1. The second-order valence-corrected chi connectivity index (χ2v) is 7.47. The molecule has 0 fully saturated rings. The number of esters is 2. The predicted molar refractivity (Wildman–Crippen MR) is 109 cm³/mol. The van der Waals surface area contributed by atoms with Crippen LogP contribution in [0.5, 0.6) is 0 Å². The lowest BCUT2D eigenvalue weighted by atomic mass is 10.1. The molecule has 0 bridgehead atoms. The van der Waals surface area contributed by atoms with E-state index in [-0.39, 0.29) is 11.9 Å². The van der Waals surface area contributed by atoms with E-state index in [2.05, 4.69) is 13.8 Å². The second kappa shape index (κ2) is 19.7. The molecule has 0 aromatic carbocycles. The molecule has 0 saturated heterocycles. The standard InChI is InChI=1S/C22H42O5/c1-4-5-6-13-17-26-21(23)14-11-9-7-8-10-12-15-22(24)27-19-20(2)16-18-25-3/h20H,4-19H2,1-3H3. The van der Waals surface area contributed by atoms with Crippen LogP contribution in [-0.2, 0) is 23.8 Å². The van der Waals surface area contributed by atoms with Crippen molar-refractivity contribution in [2.45, 2.75) is 97.3 Å². The maximum absolute atomic E-state index is 11.7. The van der Waals surface area contributed by atoms with E-state index >= 15 is 0 Å². The molecule has 0 saturated carbocycles. The van der Waals surface area contributed by atoms with Crippen molar-refractivity contribution in [3.05, 3.63) is 0 Å². The SMILES string of the molecule is CCCCCCOC(=O)CCCCCCCCC(=O)OCC(C)CCOC. The Morgan fingerprint density at radius 3 is 1.89 bits per heavy atom. The van der Waals surface area contributed by atoms with Crippen molar-refractivity contribution in [2.24, 2.45) is 5.92 Å². The highest BCUT2D eigenvalue weighted by Crippen LogP contribution is 2.10. The Hall–Kier alpha value is -1.10. The van der Waals surface area contributed by atoms with Crippen molar-refractivity contribution < 1.29 is 23.8 Å². The van der Waals surface area contributed by atoms with Gasteiger partial charge in [0.05, 0.1) is 13.2 Å². The molecule has 0 aliphatic heterocycles. The van der Waals surface area contributed by atoms with Gasteiger partial charge in [0.1, 0.15) is 0 Å². The molecule has 0 amide bonds. The lowest BCUT2D eigenvalue weighted by Gasteiger charge is -2.11. The van der Waals surface area contributed by atoms with E-state index in [1.54, 1.807) is 7.11 Å². The van der Waals surface area contributed by atoms with Gasteiger partial charge in [0, 0.05) is 26.6 Å². The fourth-order valence-electron chi connectivity index (χ4n) is 2.74. The zero-order valence-corrected chi connectivity index (χ0v) is 17.9. The summed E-state index contributed by atoms with van der Waals surface area (Å²) in [6.45, 7) is 5.99. The molecule has 0 aromatic rings. The summed E-state index contributed by atoms with van der Waals surface area (Å²) in [5.74, 6) is 0.187. The number of methoxy groups -OCH3 is 1. The van der Waals surface area contributed by atoms with Crippen LogP contribution in [0.15, 0.2) is 0 Å². The summed E-state index contributed by atoms with van der Waals surface area (Å²) in [4.78, 5) is 23.2. The van der Waals surface area contributed by atoms with Gasteiger partial charge < -0.3 is 14.2 Å². The minimum absolute atomic E-state index is 0.0611. The van der Waals surface area contributed by atoms with Crippen molar-refractivity contribution in [3.63, 3.8) is 0 Å². The number of rotatable bonds is 19. The van der Waals surface area contributed by atoms with Gasteiger partial charge in [-0.3, -0.25) is 9.59 Å². The van der Waals surface area contributed by atoms with E-state index < -0.39 is 0 Å². The number of unbranched alkanes of at least 4 members (excludes halogenated alkanes) is 8. The van der Waals surface area contributed by atoms with Crippen LogP contribution in [0.2, 0.25) is 0 Å². The van der Waals surface area contributed by atoms with Crippen LogP contribution < -0.4 is 0 Å². The zero-order valence-electron chi connectivity index (χ0n) is 17.9. The topological polar surface area (TPSA) is 61.8 Å². The third-order valence-electron chi connectivity index (χ3n) is 4.62. The minimum atomic E-state index is -0.0963. The summed E-state index contributed by atoms with van der Waals surface area (Å²) >= 11 is 0. The summed E-state index contributed by atoms with van der Waals surface area (Å²) in [6, 6.07) is 0. The van der Waals surface area contributed by atoms with Crippen LogP contribution in [0.4, 0.5) is 0 Å². The first-order valence-corrected chi connectivity index (χ1v) is 10.9. The van der Waals surface area contributed by atoms with E-state index in [1.165, 1.54) is 12.8 Å². The summed E-state index contributed by atoms with van der Waals surface area (Å²) in [6.07, 6.45) is 12.5. The van der Waals surface area contributed by atoms with E-state index in [1.807, 2.05) is 0 Å². The highest BCUT2D eigenvalue weighted by atomic mass is 16.5. The molecule has 0 radical (unpaired) electrons. The van der Waals surface area contributed by atoms with Gasteiger partial charge in [-0.25, -0.2) is 0 Å². The largest absolute Gasteiger partial charge is 0.466 e. The average Bonchev–Trinajstić information content (AvgIpc) is 2.66. The molecular weight excluding hydrogens is 344 g/mol. The van der Waals surface area contributed by atoms with E-state index in [0.29, 0.717) is 38.6 Å². The molecule has 27 heavy (non-hydrogen) atoms. The lowest BCUT2D eigenvalue weighted by Crippen LogP contribution is -2.13. The Labute approximate surface area is 166 Å². The minimum Gasteiger partial charge on any atom is -0.466 e. The van der Waals surface area contributed by atoms with Crippen LogP contribution in [0.25, 0.3) is 0 Å². The molecule has 5 heteroatoms. The Morgan fingerprint density at radius 2 is 1.30 bits per heavy atom. The van der Waals surface area contributed by atoms with Crippen LogP contribution >= 0.6 is 0 Å². The number of hydrogen-bond donors (Lipinski definition) is 0. The molecule has 1 unspecified atom stereocenters. The second-order valence-electron chi connectivity index (χ2n) is 7.47. The maximum atomic E-state index is 11.7. The smallest absolute Gasteiger partial charge is 0.305 e. The highest BCUT2D eigenvalue weighted by molar-refractivity contribution is 5.69. The molecule has 0 spiro atoms. The van der Waals surface area contributed by atoms with E-state index in [0.717, 1.165) is 57.8 Å². The van der Waals surface area contributed by atoms with Gasteiger partial charge in [-0.1, -0.05) is 58.8 Å². The van der Waals surface area contributed by atoms with E-state index in [9.17, 15) is 9.59 Å². The molecule has 0 rings (SSSR count). The summed E-state index contributed by atoms with van der Waals surface area (Å²) in [7, 11) is 1.68. The molecule has 0 N–H and O–H groups in total. The number of carbonyl (C=O) groups excluding carboxylic acids is 2. The Kier molecular flexibility index (Phi) is 18.9. The first kappa shape index (κ1) is 25.9. The Balaban J connectivity index is 3.34. The maximum Gasteiger partial charge on any atom is 0.305 e. The molecular formula is C22H42O5. The summed E-state index contributed by atoms with van der Waals surface area (Å²) in [5.41, 5.74) is 0. The molecule has 1 atom stereocenters. The van der Waals surface area contributed by atoms with Crippen molar-refractivity contribution in [3.8, 4) is 0 Å². The van der Waals surface area contributed by atoms with Gasteiger partial charge in [-0.05, 0) is 31.6 Å². The van der Waals surface area contributed by atoms with Gasteiger partial charge in [0.2, 0.25) is 0 Å². The van der Waals surface area contributed by atoms with Gasteiger partial charge in [-0.2, -0.15) is 0 Å². The van der Waals surface area contributed by atoms with Crippen molar-refractivity contribution in [1.82, 2.24) is 0 Å². The van der Waals surface area contributed by atoms with Crippen molar-refractivity contribution in [2.75, 3.05) is 26.9 Å². The van der Waals surface area contributed by atoms with Crippen molar-refractivity contribution in [1.29, 1.82) is 0 Å². The summed E-state index contributed by atoms with van der Waals surface area (Å²) < 4.78 is 15.5. The van der Waals surface area contributed by atoms with Crippen LogP contribution in [0.3, 0.4) is 0 Å². The van der Waals surface area contributed by atoms with Crippen LogP contribution in [0, 0.1) is 5.92 Å². The highest BCUT2D eigenvalue weighted by Gasteiger charge is 2.07. The van der Waals surface area contributed by atoms with Crippen LogP contribution in [0.1, 0.15) is 97.3 Å². The number of carbonyl (C=O) groups is 2. The molecule has 0 aliphatic carbocycles. The Morgan fingerprint density at radius 1 is 0.741 bits per heavy atom. The average molecular weight is 387 g/mol. The summed E-state index contributed by atoms with van der Waals surface area (Å²) in [5, 5.41) is 0. The van der Waals surface area contributed by atoms with Gasteiger partial charge in [0.15, 0.2) is 0 Å². The normalized spacial score (nSPS) is 12.0. The first-order valence-electron chi connectivity index (χ1n) is 10.9. The fraction of sp³-hybridized carbons (Fsp3) is 0.909. The molecule has 160 valence electrons. The number of hydrogen-bond acceptors (Lipinski definition) is 5. The predicted octanol–water partition coefficient (Wildman–Crippen LogP) is 5.45. The zero-order chi connectivity index (χ0) is 20.2. The monoisotopic (exact) mass is 386 g/mol. The quantitative estimate of drug-likeness (QED) is 0.218. The van der Waals surface area contributed by atoms with Gasteiger partial charge >= 0.3 is 11.9 Å². The third-order valence-corrected chi connectivity index (χ3v) is 4.62. The molecule has 0 aliphatic rings. The van der Waals surface area contributed by atoms with Gasteiger partial charge in [0.25, 0.3) is 0 Å². The third kappa shape index (κ3) is 19.5.